The first-order valence-electron chi connectivity index (χ1n) is 8.83. The fourth-order valence-electron chi connectivity index (χ4n) is 3.10. The molecule has 6 nitrogen and oxygen atoms in total. The summed E-state index contributed by atoms with van der Waals surface area (Å²) in [6.07, 6.45) is 0.721. The van der Waals surface area contributed by atoms with Gasteiger partial charge in [0.25, 0.3) is 11.8 Å². The summed E-state index contributed by atoms with van der Waals surface area (Å²) in [5.74, 6) is -0.554. The topological polar surface area (TPSA) is 66.9 Å². The van der Waals surface area contributed by atoms with Gasteiger partial charge in [0.1, 0.15) is 4.88 Å². The largest absolute Gasteiger partial charge is 0.465 e. The molecule has 27 heavy (non-hydrogen) atoms. The molecule has 0 aliphatic carbocycles. The molecule has 1 aliphatic heterocycles. The van der Waals surface area contributed by atoms with E-state index in [9.17, 15) is 14.4 Å². The molecule has 0 atom stereocenters. The number of esters is 1. The highest BCUT2D eigenvalue weighted by Gasteiger charge is 2.25. The highest BCUT2D eigenvalue weighted by atomic mass is 32.1. The van der Waals surface area contributed by atoms with Crippen LogP contribution in [0.25, 0.3) is 0 Å². The van der Waals surface area contributed by atoms with Gasteiger partial charge in [0.05, 0.1) is 12.0 Å². The molecule has 7 heteroatoms. The Kier molecular flexibility index (Phi) is 5.91. The molecule has 1 fully saturated rings. The van der Waals surface area contributed by atoms with E-state index in [1.165, 1.54) is 7.11 Å². The van der Waals surface area contributed by atoms with E-state index in [0.717, 1.165) is 23.3 Å². The van der Waals surface area contributed by atoms with Gasteiger partial charge in [-0.3, -0.25) is 9.59 Å². The molecule has 1 aromatic heterocycles. The van der Waals surface area contributed by atoms with Gasteiger partial charge in [-0.1, -0.05) is 17.7 Å². The van der Waals surface area contributed by atoms with E-state index >= 15 is 0 Å². The van der Waals surface area contributed by atoms with Gasteiger partial charge in [0.15, 0.2) is 0 Å². The molecule has 2 heterocycles. The van der Waals surface area contributed by atoms with Crippen LogP contribution < -0.4 is 0 Å². The fourth-order valence-corrected chi connectivity index (χ4v) is 4.00. The molecule has 0 spiro atoms. The van der Waals surface area contributed by atoms with Crippen LogP contribution in [0.5, 0.6) is 0 Å². The Morgan fingerprint density at radius 2 is 1.59 bits per heavy atom. The van der Waals surface area contributed by atoms with Gasteiger partial charge in [-0.15, -0.1) is 11.3 Å². The molecule has 2 aromatic rings. The highest BCUT2D eigenvalue weighted by molar-refractivity contribution is 7.15. The molecule has 1 aliphatic rings. The van der Waals surface area contributed by atoms with Crippen molar-refractivity contribution in [2.24, 2.45) is 0 Å². The zero-order valence-corrected chi connectivity index (χ0v) is 16.3. The zero-order chi connectivity index (χ0) is 19.4. The SMILES string of the molecule is COC(=O)c1ccc(C(=O)N2CCCN(C(=O)c3cccc(C)c3)CC2)s1. The third-order valence-electron chi connectivity index (χ3n) is 4.54. The van der Waals surface area contributed by atoms with E-state index in [0.29, 0.717) is 41.5 Å². The first kappa shape index (κ1) is 19.1. The van der Waals surface area contributed by atoms with Crippen molar-refractivity contribution >= 4 is 29.1 Å². The number of amides is 2. The number of benzene rings is 1. The van der Waals surface area contributed by atoms with Gasteiger partial charge >= 0.3 is 5.97 Å². The maximum Gasteiger partial charge on any atom is 0.348 e. The number of methoxy groups -OCH3 is 1. The van der Waals surface area contributed by atoms with Crippen molar-refractivity contribution in [3.63, 3.8) is 0 Å². The maximum absolute atomic E-state index is 12.7. The Bertz CT molecular complexity index is 861. The molecule has 2 amide bonds. The van der Waals surface area contributed by atoms with Crippen LogP contribution in [-0.4, -0.2) is 60.9 Å². The predicted molar refractivity (Wildman–Crippen MR) is 103 cm³/mol. The summed E-state index contributed by atoms with van der Waals surface area (Å²) in [6.45, 7) is 4.13. The third kappa shape index (κ3) is 4.36. The lowest BCUT2D eigenvalue weighted by Crippen LogP contribution is -2.37. The summed E-state index contributed by atoms with van der Waals surface area (Å²) in [5, 5.41) is 0. The smallest absolute Gasteiger partial charge is 0.348 e. The van der Waals surface area contributed by atoms with E-state index in [1.807, 2.05) is 31.2 Å². The minimum absolute atomic E-state index is 0.00269. The van der Waals surface area contributed by atoms with Gasteiger partial charge < -0.3 is 14.5 Å². The van der Waals surface area contributed by atoms with Gasteiger partial charge in [0, 0.05) is 31.7 Å². The Morgan fingerprint density at radius 1 is 0.926 bits per heavy atom. The minimum Gasteiger partial charge on any atom is -0.465 e. The summed E-state index contributed by atoms with van der Waals surface area (Å²) in [6, 6.07) is 10.8. The van der Waals surface area contributed by atoms with Crippen molar-refractivity contribution < 1.29 is 19.1 Å². The van der Waals surface area contributed by atoms with Crippen LogP contribution in [0, 0.1) is 6.92 Å². The predicted octanol–water partition coefficient (Wildman–Crippen LogP) is 2.83. The van der Waals surface area contributed by atoms with E-state index < -0.39 is 5.97 Å². The van der Waals surface area contributed by atoms with Crippen molar-refractivity contribution in [1.82, 2.24) is 9.80 Å². The maximum atomic E-state index is 12.7. The lowest BCUT2D eigenvalue weighted by atomic mass is 10.1. The van der Waals surface area contributed by atoms with Crippen LogP contribution in [0.3, 0.4) is 0 Å². The first-order chi connectivity index (χ1) is 13.0. The van der Waals surface area contributed by atoms with Crippen molar-refractivity contribution in [3.05, 3.63) is 57.3 Å². The second kappa shape index (κ2) is 8.35. The number of ether oxygens (including phenoxy) is 1. The minimum atomic E-state index is -0.440. The summed E-state index contributed by atoms with van der Waals surface area (Å²) in [5.41, 5.74) is 1.72. The molecule has 0 radical (unpaired) electrons. The van der Waals surface area contributed by atoms with Gasteiger partial charge in [0.2, 0.25) is 0 Å². The number of hydrogen-bond donors (Lipinski definition) is 0. The number of rotatable bonds is 3. The third-order valence-corrected chi connectivity index (χ3v) is 5.59. The molecule has 142 valence electrons. The normalized spacial score (nSPS) is 14.6. The number of hydrogen-bond acceptors (Lipinski definition) is 5. The Hall–Kier alpha value is -2.67. The molecule has 1 saturated heterocycles. The van der Waals surface area contributed by atoms with Crippen molar-refractivity contribution in [2.45, 2.75) is 13.3 Å². The fraction of sp³-hybridized carbons (Fsp3) is 0.350. The quantitative estimate of drug-likeness (QED) is 0.761. The number of carbonyl (C=O) groups excluding carboxylic acids is 3. The van der Waals surface area contributed by atoms with E-state index in [2.05, 4.69) is 4.74 Å². The van der Waals surface area contributed by atoms with Gasteiger partial charge in [-0.2, -0.15) is 0 Å². The molecule has 0 N–H and O–H groups in total. The monoisotopic (exact) mass is 386 g/mol. The van der Waals surface area contributed by atoms with Crippen molar-refractivity contribution in [1.29, 1.82) is 0 Å². The van der Waals surface area contributed by atoms with Gasteiger partial charge in [-0.05, 0) is 37.6 Å². The van der Waals surface area contributed by atoms with Crippen LogP contribution in [-0.2, 0) is 4.74 Å². The van der Waals surface area contributed by atoms with E-state index in [1.54, 1.807) is 21.9 Å². The molecular formula is C20H22N2O4S. The van der Waals surface area contributed by atoms with E-state index in [-0.39, 0.29) is 11.8 Å². The van der Waals surface area contributed by atoms with Crippen molar-refractivity contribution in [3.8, 4) is 0 Å². The van der Waals surface area contributed by atoms with Crippen LogP contribution in [0.2, 0.25) is 0 Å². The lowest BCUT2D eigenvalue weighted by molar-refractivity contribution is 0.0606. The summed E-state index contributed by atoms with van der Waals surface area (Å²) in [7, 11) is 1.32. The van der Waals surface area contributed by atoms with Crippen LogP contribution in [0.1, 0.15) is 41.7 Å². The molecule has 3 rings (SSSR count). The zero-order valence-electron chi connectivity index (χ0n) is 15.4. The molecular weight excluding hydrogens is 364 g/mol. The van der Waals surface area contributed by atoms with Gasteiger partial charge in [-0.25, -0.2) is 4.79 Å². The second-order valence-electron chi connectivity index (χ2n) is 6.46. The molecule has 0 unspecified atom stereocenters. The second-order valence-corrected chi connectivity index (χ2v) is 7.55. The number of nitrogens with zero attached hydrogens (tertiary/aromatic N) is 2. The number of thiophene rings is 1. The Labute approximate surface area is 162 Å². The Morgan fingerprint density at radius 3 is 2.26 bits per heavy atom. The van der Waals surface area contributed by atoms with E-state index in [4.69, 9.17) is 0 Å². The van der Waals surface area contributed by atoms with Crippen molar-refractivity contribution in [2.75, 3.05) is 33.3 Å². The number of aryl methyl sites for hydroxylation is 1. The number of carbonyl (C=O) groups is 3. The molecule has 1 aromatic carbocycles. The lowest BCUT2D eigenvalue weighted by Gasteiger charge is -2.22. The summed E-state index contributed by atoms with van der Waals surface area (Å²) >= 11 is 1.13. The van der Waals surface area contributed by atoms with Crippen LogP contribution >= 0.6 is 11.3 Å². The summed E-state index contributed by atoms with van der Waals surface area (Å²) in [4.78, 5) is 41.5. The molecule has 0 bridgehead atoms. The standard InChI is InChI=1S/C20H22N2O4S/c1-14-5-3-6-15(13-14)18(23)21-9-4-10-22(12-11-21)19(24)16-7-8-17(27-16)20(25)26-2/h3,5-8,13H,4,9-12H2,1-2H3. The average molecular weight is 386 g/mol. The average Bonchev–Trinajstić information content (AvgIpc) is 3.04. The molecule has 0 saturated carbocycles. The van der Waals surface area contributed by atoms with Crippen LogP contribution in [0.15, 0.2) is 36.4 Å². The summed E-state index contributed by atoms with van der Waals surface area (Å²) < 4.78 is 4.69. The Balaban J connectivity index is 1.65. The van der Waals surface area contributed by atoms with Crippen LogP contribution in [0.4, 0.5) is 0 Å². The highest BCUT2D eigenvalue weighted by Crippen LogP contribution is 2.20. The first-order valence-corrected chi connectivity index (χ1v) is 9.64.